The van der Waals surface area contributed by atoms with E-state index in [9.17, 15) is 0 Å². The largest absolute Gasteiger partial charge is 0.456 e. The van der Waals surface area contributed by atoms with Gasteiger partial charge in [0.15, 0.2) is 0 Å². The van der Waals surface area contributed by atoms with Gasteiger partial charge in [-0.25, -0.2) is 0 Å². The molecule has 0 atom stereocenters. The summed E-state index contributed by atoms with van der Waals surface area (Å²) in [6, 6.07) is 14.6. The third-order valence-electron chi connectivity index (χ3n) is 5.53. The van der Waals surface area contributed by atoms with Crippen LogP contribution in [0.5, 0.6) is 0 Å². The van der Waals surface area contributed by atoms with Gasteiger partial charge in [-0.2, -0.15) is 5.10 Å². The lowest BCUT2D eigenvalue weighted by Gasteiger charge is -2.22. The maximum absolute atomic E-state index is 6.22. The molecule has 2 aromatic heterocycles. The SMILES string of the molecule is COCCN(Cc1c(C)nn(C)c1C)Cc1cccc2c1oc1ccccc12. The molecule has 0 saturated carbocycles. The van der Waals surface area contributed by atoms with E-state index in [1.54, 1.807) is 7.11 Å². The van der Waals surface area contributed by atoms with Gasteiger partial charge < -0.3 is 9.15 Å². The van der Waals surface area contributed by atoms with E-state index < -0.39 is 0 Å². The average Bonchev–Trinajstić information content (AvgIpc) is 3.19. The molecule has 28 heavy (non-hydrogen) atoms. The van der Waals surface area contributed by atoms with E-state index in [0.29, 0.717) is 6.61 Å². The van der Waals surface area contributed by atoms with Crippen molar-refractivity contribution in [2.45, 2.75) is 26.9 Å². The quantitative estimate of drug-likeness (QED) is 0.473. The van der Waals surface area contributed by atoms with Gasteiger partial charge in [0.25, 0.3) is 0 Å². The van der Waals surface area contributed by atoms with Crippen molar-refractivity contribution in [3.8, 4) is 0 Å². The lowest BCUT2D eigenvalue weighted by molar-refractivity contribution is 0.140. The van der Waals surface area contributed by atoms with E-state index in [-0.39, 0.29) is 0 Å². The summed E-state index contributed by atoms with van der Waals surface area (Å²) in [6.45, 7) is 7.38. The van der Waals surface area contributed by atoms with E-state index in [0.717, 1.165) is 36.5 Å². The summed E-state index contributed by atoms with van der Waals surface area (Å²) in [5.41, 5.74) is 6.70. The zero-order chi connectivity index (χ0) is 19.7. The maximum atomic E-state index is 6.22. The van der Waals surface area contributed by atoms with Crippen LogP contribution in [0, 0.1) is 13.8 Å². The first kappa shape index (κ1) is 18.7. The lowest BCUT2D eigenvalue weighted by atomic mass is 10.1. The lowest BCUT2D eigenvalue weighted by Crippen LogP contribution is -2.27. The molecule has 0 N–H and O–H groups in total. The van der Waals surface area contributed by atoms with Crippen LogP contribution in [0.15, 0.2) is 46.9 Å². The first-order chi connectivity index (χ1) is 13.6. The van der Waals surface area contributed by atoms with Crippen LogP contribution >= 0.6 is 0 Å². The highest BCUT2D eigenvalue weighted by Gasteiger charge is 2.17. The van der Waals surface area contributed by atoms with Gasteiger partial charge in [0.2, 0.25) is 0 Å². The van der Waals surface area contributed by atoms with E-state index in [1.165, 1.54) is 27.6 Å². The van der Waals surface area contributed by atoms with Crippen molar-refractivity contribution >= 4 is 21.9 Å². The van der Waals surface area contributed by atoms with E-state index >= 15 is 0 Å². The summed E-state index contributed by atoms with van der Waals surface area (Å²) in [4.78, 5) is 2.41. The van der Waals surface area contributed by atoms with Crippen LogP contribution in [0.25, 0.3) is 21.9 Å². The topological polar surface area (TPSA) is 43.4 Å². The number of fused-ring (bicyclic) bond motifs is 3. The van der Waals surface area contributed by atoms with Gasteiger partial charge in [-0.3, -0.25) is 9.58 Å². The molecule has 2 heterocycles. The molecule has 4 aromatic rings. The zero-order valence-electron chi connectivity index (χ0n) is 17.0. The summed E-state index contributed by atoms with van der Waals surface area (Å²) in [7, 11) is 3.75. The summed E-state index contributed by atoms with van der Waals surface area (Å²) in [6.07, 6.45) is 0. The Balaban J connectivity index is 1.68. The molecule has 0 radical (unpaired) electrons. The van der Waals surface area contributed by atoms with Crippen molar-refractivity contribution in [3.05, 3.63) is 65.0 Å². The Morgan fingerprint density at radius 3 is 2.57 bits per heavy atom. The molecule has 0 spiro atoms. The third kappa shape index (κ3) is 3.43. The second-order valence-electron chi connectivity index (χ2n) is 7.37. The summed E-state index contributed by atoms with van der Waals surface area (Å²) in [5, 5.41) is 6.91. The smallest absolute Gasteiger partial charge is 0.139 e. The molecule has 0 aliphatic carbocycles. The number of hydrogen-bond acceptors (Lipinski definition) is 4. The maximum Gasteiger partial charge on any atom is 0.139 e. The molecule has 0 unspecified atom stereocenters. The summed E-state index contributed by atoms with van der Waals surface area (Å²) < 4.78 is 13.5. The third-order valence-corrected chi connectivity index (χ3v) is 5.53. The highest BCUT2D eigenvalue weighted by atomic mass is 16.5. The minimum atomic E-state index is 0.689. The number of aromatic nitrogens is 2. The van der Waals surface area contributed by atoms with E-state index in [2.05, 4.69) is 54.2 Å². The fourth-order valence-corrected chi connectivity index (χ4v) is 3.88. The Morgan fingerprint density at radius 2 is 1.82 bits per heavy atom. The molecule has 146 valence electrons. The number of ether oxygens (including phenoxy) is 1. The van der Waals surface area contributed by atoms with Gasteiger partial charge >= 0.3 is 0 Å². The standard InChI is InChI=1S/C23H27N3O2/c1-16-21(17(2)25(3)24-16)15-26(12-13-27-4)14-18-8-7-10-20-19-9-5-6-11-22(19)28-23(18)20/h5-11H,12-15H2,1-4H3. The fraction of sp³-hybridized carbons (Fsp3) is 0.348. The zero-order valence-corrected chi connectivity index (χ0v) is 17.0. The normalized spacial score (nSPS) is 11.9. The summed E-state index contributed by atoms with van der Waals surface area (Å²) >= 11 is 0. The number of hydrogen-bond donors (Lipinski definition) is 0. The van der Waals surface area contributed by atoms with E-state index in [1.807, 2.05) is 23.9 Å². The Bertz CT molecular complexity index is 1110. The number of benzene rings is 2. The van der Waals surface area contributed by atoms with Crippen molar-refractivity contribution in [3.63, 3.8) is 0 Å². The monoisotopic (exact) mass is 377 g/mol. The first-order valence-electron chi connectivity index (χ1n) is 9.68. The van der Waals surface area contributed by atoms with Crippen LogP contribution in [0.3, 0.4) is 0 Å². The van der Waals surface area contributed by atoms with Crippen LogP contribution in [-0.2, 0) is 24.9 Å². The molecule has 4 rings (SSSR count). The van der Waals surface area contributed by atoms with Crippen LogP contribution < -0.4 is 0 Å². The fourth-order valence-electron chi connectivity index (χ4n) is 3.88. The number of nitrogens with zero attached hydrogens (tertiary/aromatic N) is 3. The van der Waals surface area contributed by atoms with Gasteiger partial charge in [-0.15, -0.1) is 0 Å². The van der Waals surface area contributed by atoms with Crippen LogP contribution in [0.4, 0.5) is 0 Å². The second kappa shape index (κ2) is 7.78. The Hall–Kier alpha value is -2.63. The molecular weight excluding hydrogens is 350 g/mol. The predicted octanol–water partition coefficient (Wildman–Crippen LogP) is 4.58. The van der Waals surface area contributed by atoms with Gasteiger partial charge in [0, 0.05) is 61.4 Å². The van der Waals surface area contributed by atoms with Crippen LogP contribution in [0.1, 0.15) is 22.5 Å². The highest BCUT2D eigenvalue weighted by Crippen LogP contribution is 2.31. The van der Waals surface area contributed by atoms with Crippen molar-refractivity contribution in [1.82, 2.24) is 14.7 Å². The van der Waals surface area contributed by atoms with Gasteiger partial charge in [-0.1, -0.05) is 36.4 Å². The van der Waals surface area contributed by atoms with Crippen LogP contribution in [0.2, 0.25) is 0 Å². The molecule has 5 heteroatoms. The number of para-hydroxylation sites is 2. The predicted molar refractivity (Wildman–Crippen MR) is 112 cm³/mol. The average molecular weight is 377 g/mol. The number of furan rings is 1. The van der Waals surface area contributed by atoms with Crippen LogP contribution in [-0.4, -0.2) is 34.9 Å². The van der Waals surface area contributed by atoms with Crippen molar-refractivity contribution in [2.24, 2.45) is 7.05 Å². The molecule has 0 saturated heterocycles. The van der Waals surface area contributed by atoms with Gasteiger partial charge in [0.05, 0.1) is 12.3 Å². The van der Waals surface area contributed by atoms with Gasteiger partial charge in [0.1, 0.15) is 11.2 Å². The molecule has 0 aliphatic heterocycles. The Labute approximate surface area is 165 Å². The van der Waals surface area contributed by atoms with Crippen molar-refractivity contribution in [2.75, 3.05) is 20.3 Å². The van der Waals surface area contributed by atoms with E-state index in [4.69, 9.17) is 9.15 Å². The Morgan fingerprint density at radius 1 is 1.04 bits per heavy atom. The molecule has 5 nitrogen and oxygen atoms in total. The van der Waals surface area contributed by atoms with Crippen molar-refractivity contribution in [1.29, 1.82) is 0 Å². The molecule has 0 aliphatic rings. The number of aryl methyl sites for hydroxylation is 2. The minimum absolute atomic E-state index is 0.689. The summed E-state index contributed by atoms with van der Waals surface area (Å²) in [5.74, 6) is 0. The molecule has 0 amide bonds. The molecule has 0 fully saturated rings. The number of methoxy groups -OCH3 is 1. The Kier molecular flexibility index (Phi) is 5.20. The molecule has 0 bridgehead atoms. The van der Waals surface area contributed by atoms with Crippen molar-refractivity contribution < 1.29 is 9.15 Å². The molecule has 2 aromatic carbocycles. The molecular formula is C23H27N3O2. The minimum Gasteiger partial charge on any atom is -0.456 e. The van der Waals surface area contributed by atoms with Gasteiger partial charge in [-0.05, 0) is 19.9 Å². The second-order valence-corrected chi connectivity index (χ2v) is 7.37. The number of rotatable bonds is 7. The highest BCUT2D eigenvalue weighted by molar-refractivity contribution is 6.05. The first-order valence-corrected chi connectivity index (χ1v) is 9.68.